The summed E-state index contributed by atoms with van der Waals surface area (Å²) in [4.78, 5) is 12.3. The zero-order valence-electron chi connectivity index (χ0n) is 15.7. The molecule has 0 radical (unpaired) electrons. The lowest BCUT2D eigenvalue weighted by atomic mass is 9.74. The molecule has 8 heteroatoms. The van der Waals surface area contributed by atoms with E-state index in [0.717, 1.165) is 30.5 Å². The molecular formula is C21H22ClF3N2O2. The average molecular weight is 427 g/mol. The average Bonchev–Trinajstić information content (AvgIpc) is 2.71. The van der Waals surface area contributed by atoms with E-state index < -0.39 is 11.7 Å². The maximum absolute atomic E-state index is 12.8. The third-order valence-electron chi connectivity index (χ3n) is 5.17. The molecule has 1 saturated heterocycles. The molecule has 4 nitrogen and oxygen atoms in total. The van der Waals surface area contributed by atoms with E-state index in [0.29, 0.717) is 24.8 Å². The molecule has 0 unspecified atom stereocenters. The van der Waals surface area contributed by atoms with E-state index in [2.05, 4.69) is 10.6 Å². The van der Waals surface area contributed by atoms with Crippen molar-refractivity contribution in [3.8, 4) is 0 Å². The van der Waals surface area contributed by atoms with Crippen LogP contribution in [0.1, 0.15) is 24.0 Å². The van der Waals surface area contributed by atoms with Crippen LogP contribution >= 0.6 is 11.6 Å². The van der Waals surface area contributed by atoms with Crippen LogP contribution < -0.4 is 10.6 Å². The Bertz CT molecular complexity index is 835. The second-order valence-electron chi connectivity index (χ2n) is 7.11. The van der Waals surface area contributed by atoms with Crippen LogP contribution in [0.4, 0.5) is 18.9 Å². The number of anilines is 1. The Balaban J connectivity index is 1.60. The molecule has 0 aromatic heterocycles. The predicted molar refractivity (Wildman–Crippen MR) is 106 cm³/mol. The standard InChI is InChI=1S/C21H22ClF3N2O2/c22-17-6-4-15(5-7-17)20(8-10-29-11-9-20)14-27-19(28)13-26-18-3-1-2-16(12-18)21(23,24)25/h1-7,12,26H,8-11,13-14H2,(H,27,28). The molecule has 0 aliphatic carbocycles. The van der Waals surface area contributed by atoms with Crippen molar-refractivity contribution in [2.75, 3.05) is 31.6 Å². The first kappa shape index (κ1) is 21.5. The van der Waals surface area contributed by atoms with E-state index in [-0.39, 0.29) is 23.6 Å². The number of hydrogen-bond donors (Lipinski definition) is 2. The zero-order chi connectivity index (χ0) is 20.9. The molecular weight excluding hydrogens is 405 g/mol. The van der Waals surface area contributed by atoms with Crippen molar-refractivity contribution in [3.63, 3.8) is 0 Å². The van der Waals surface area contributed by atoms with Crippen molar-refractivity contribution in [2.24, 2.45) is 0 Å². The third kappa shape index (κ3) is 5.64. The molecule has 3 rings (SSSR count). The van der Waals surface area contributed by atoms with Gasteiger partial charge in [0.2, 0.25) is 5.91 Å². The number of alkyl halides is 3. The molecule has 1 heterocycles. The van der Waals surface area contributed by atoms with Crippen LogP contribution in [0, 0.1) is 0 Å². The summed E-state index contributed by atoms with van der Waals surface area (Å²) < 4.78 is 43.9. The van der Waals surface area contributed by atoms with Gasteiger partial charge in [0.15, 0.2) is 0 Å². The van der Waals surface area contributed by atoms with E-state index in [4.69, 9.17) is 16.3 Å². The van der Waals surface area contributed by atoms with Crippen LogP contribution in [0.5, 0.6) is 0 Å². The zero-order valence-corrected chi connectivity index (χ0v) is 16.4. The summed E-state index contributed by atoms with van der Waals surface area (Å²) in [6.07, 6.45) is -2.90. The van der Waals surface area contributed by atoms with Crippen LogP contribution in [0.2, 0.25) is 5.02 Å². The van der Waals surface area contributed by atoms with E-state index in [1.807, 2.05) is 24.3 Å². The second-order valence-corrected chi connectivity index (χ2v) is 7.54. The fraction of sp³-hybridized carbons (Fsp3) is 0.381. The van der Waals surface area contributed by atoms with Gasteiger partial charge in [0.1, 0.15) is 0 Å². The van der Waals surface area contributed by atoms with Crippen molar-refractivity contribution >= 4 is 23.2 Å². The van der Waals surface area contributed by atoms with Gasteiger partial charge in [-0.25, -0.2) is 0 Å². The lowest BCUT2D eigenvalue weighted by Gasteiger charge is -2.38. The molecule has 1 amide bonds. The maximum Gasteiger partial charge on any atom is 0.416 e. The number of hydrogen-bond acceptors (Lipinski definition) is 3. The van der Waals surface area contributed by atoms with Gasteiger partial charge in [-0.2, -0.15) is 13.2 Å². The fourth-order valence-electron chi connectivity index (χ4n) is 3.45. The van der Waals surface area contributed by atoms with Gasteiger partial charge in [-0.15, -0.1) is 0 Å². The molecule has 0 saturated carbocycles. The first-order valence-electron chi connectivity index (χ1n) is 9.30. The third-order valence-corrected chi connectivity index (χ3v) is 5.43. The van der Waals surface area contributed by atoms with Crippen molar-refractivity contribution in [1.29, 1.82) is 0 Å². The van der Waals surface area contributed by atoms with Gasteiger partial charge in [-0.3, -0.25) is 4.79 Å². The lowest BCUT2D eigenvalue weighted by Crippen LogP contribution is -2.45. The minimum Gasteiger partial charge on any atom is -0.381 e. The van der Waals surface area contributed by atoms with Gasteiger partial charge in [0.25, 0.3) is 0 Å². The minimum absolute atomic E-state index is 0.117. The van der Waals surface area contributed by atoms with Crippen LogP contribution in [0.15, 0.2) is 48.5 Å². The Morgan fingerprint density at radius 3 is 2.45 bits per heavy atom. The lowest BCUT2D eigenvalue weighted by molar-refractivity contribution is -0.137. The quantitative estimate of drug-likeness (QED) is 0.707. The number of halogens is 4. The van der Waals surface area contributed by atoms with Gasteiger partial charge in [0.05, 0.1) is 12.1 Å². The predicted octanol–water partition coefficient (Wildman–Crippen LogP) is 4.64. The fourth-order valence-corrected chi connectivity index (χ4v) is 3.58. The summed E-state index contributed by atoms with van der Waals surface area (Å²) >= 11 is 5.99. The van der Waals surface area contributed by atoms with Crippen LogP contribution in [0.3, 0.4) is 0 Å². The Kier molecular flexibility index (Phi) is 6.70. The number of rotatable bonds is 6. The smallest absolute Gasteiger partial charge is 0.381 e. The Morgan fingerprint density at radius 2 is 1.79 bits per heavy atom. The molecule has 0 atom stereocenters. The van der Waals surface area contributed by atoms with E-state index in [1.54, 1.807) is 0 Å². The number of carbonyl (C=O) groups excluding carboxylic acids is 1. The van der Waals surface area contributed by atoms with Gasteiger partial charge >= 0.3 is 6.18 Å². The number of amides is 1. The highest BCUT2D eigenvalue weighted by Crippen LogP contribution is 2.35. The van der Waals surface area contributed by atoms with Crippen molar-refractivity contribution in [3.05, 3.63) is 64.7 Å². The van der Waals surface area contributed by atoms with E-state index in [9.17, 15) is 18.0 Å². The summed E-state index contributed by atoms with van der Waals surface area (Å²) in [7, 11) is 0. The summed E-state index contributed by atoms with van der Waals surface area (Å²) in [5, 5.41) is 6.30. The second kappa shape index (κ2) is 9.05. The first-order chi connectivity index (χ1) is 13.8. The first-order valence-corrected chi connectivity index (χ1v) is 9.68. The molecule has 2 aromatic carbocycles. The van der Waals surface area contributed by atoms with Crippen molar-refractivity contribution in [2.45, 2.75) is 24.4 Å². The molecule has 2 N–H and O–H groups in total. The van der Waals surface area contributed by atoms with Crippen molar-refractivity contribution < 1.29 is 22.7 Å². The van der Waals surface area contributed by atoms with Gasteiger partial charge in [0, 0.05) is 35.9 Å². The number of ether oxygens (including phenoxy) is 1. The Morgan fingerprint density at radius 1 is 1.10 bits per heavy atom. The summed E-state index contributed by atoms with van der Waals surface area (Å²) in [5.41, 5.74) is 0.311. The van der Waals surface area contributed by atoms with Gasteiger partial charge in [-0.05, 0) is 48.7 Å². The summed E-state index contributed by atoms with van der Waals surface area (Å²) in [6.45, 7) is 1.50. The molecule has 156 valence electrons. The highest BCUT2D eigenvalue weighted by molar-refractivity contribution is 6.30. The Labute approximate surface area is 172 Å². The molecule has 0 spiro atoms. The number of benzene rings is 2. The van der Waals surface area contributed by atoms with Crippen LogP contribution in [-0.4, -0.2) is 32.2 Å². The maximum atomic E-state index is 12.8. The van der Waals surface area contributed by atoms with Crippen molar-refractivity contribution in [1.82, 2.24) is 5.32 Å². The number of nitrogens with one attached hydrogen (secondary N) is 2. The minimum atomic E-state index is -4.42. The molecule has 1 fully saturated rings. The normalized spacial score (nSPS) is 16.3. The highest BCUT2D eigenvalue weighted by Gasteiger charge is 2.35. The molecule has 1 aliphatic heterocycles. The SMILES string of the molecule is O=C(CNc1cccc(C(F)(F)F)c1)NCC1(c2ccc(Cl)cc2)CCOCC1. The summed E-state index contributed by atoms with van der Waals surface area (Å²) in [5.74, 6) is -0.290. The molecule has 0 bridgehead atoms. The summed E-state index contributed by atoms with van der Waals surface area (Å²) in [6, 6.07) is 12.3. The molecule has 29 heavy (non-hydrogen) atoms. The van der Waals surface area contributed by atoms with Gasteiger partial charge in [-0.1, -0.05) is 29.8 Å². The largest absolute Gasteiger partial charge is 0.416 e. The molecule has 2 aromatic rings. The molecule has 1 aliphatic rings. The van der Waals surface area contributed by atoms with Crippen LogP contribution in [-0.2, 0) is 21.1 Å². The topological polar surface area (TPSA) is 50.4 Å². The van der Waals surface area contributed by atoms with Crippen LogP contribution in [0.25, 0.3) is 0 Å². The highest BCUT2D eigenvalue weighted by atomic mass is 35.5. The monoisotopic (exact) mass is 426 g/mol. The van der Waals surface area contributed by atoms with E-state index in [1.165, 1.54) is 12.1 Å². The van der Waals surface area contributed by atoms with E-state index >= 15 is 0 Å². The Hall–Kier alpha value is -2.25. The van der Waals surface area contributed by atoms with Gasteiger partial charge < -0.3 is 15.4 Å². The number of carbonyl (C=O) groups is 1.